The van der Waals surface area contributed by atoms with Crippen LogP contribution in [0, 0.1) is 0 Å². The summed E-state index contributed by atoms with van der Waals surface area (Å²) in [4.78, 5) is 24.6. The molecule has 0 radical (unpaired) electrons. The number of hydrogen-bond donors (Lipinski definition) is 1. The number of carbonyl (C=O) groups is 2. The van der Waals surface area contributed by atoms with Gasteiger partial charge in [-0.05, 0) is 13.3 Å². The topological polar surface area (TPSA) is 81.9 Å². The lowest BCUT2D eigenvalue weighted by Gasteiger charge is -2.22. The van der Waals surface area contributed by atoms with Crippen LogP contribution in [0.15, 0.2) is 0 Å². The van der Waals surface area contributed by atoms with Crippen LogP contribution in [-0.4, -0.2) is 55.7 Å². The second-order valence-electron chi connectivity index (χ2n) is 3.52. The maximum Gasteiger partial charge on any atom is 0.332 e. The van der Waals surface area contributed by atoms with Crippen molar-refractivity contribution in [2.75, 3.05) is 32.9 Å². The van der Waals surface area contributed by atoms with Gasteiger partial charge in [-0.1, -0.05) is 0 Å². The molecule has 0 saturated carbocycles. The minimum atomic E-state index is -1.21. The zero-order chi connectivity index (χ0) is 12.0. The minimum Gasteiger partial charge on any atom is -0.464 e. The molecule has 0 aromatic rings. The van der Waals surface area contributed by atoms with Crippen molar-refractivity contribution < 1.29 is 19.1 Å². The van der Waals surface area contributed by atoms with Crippen LogP contribution in [0.3, 0.4) is 0 Å². The highest BCUT2D eigenvalue weighted by atomic mass is 16.5. The van der Waals surface area contributed by atoms with E-state index in [1.807, 2.05) is 0 Å². The summed E-state index contributed by atoms with van der Waals surface area (Å²) in [7, 11) is 0. The average Bonchev–Trinajstić information content (AvgIpc) is 2.56. The number of nitrogens with zero attached hydrogens (tertiary/aromatic N) is 1. The van der Waals surface area contributed by atoms with Crippen molar-refractivity contribution in [3.8, 4) is 0 Å². The highest BCUT2D eigenvalue weighted by Crippen LogP contribution is 2.02. The Morgan fingerprint density at radius 1 is 1.44 bits per heavy atom. The summed E-state index contributed by atoms with van der Waals surface area (Å²) in [6.45, 7) is 4.08. The molecule has 1 heterocycles. The molecule has 0 aromatic heterocycles. The lowest BCUT2D eigenvalue weighted by molar-refractivity contribution is -0.150. The third-order valence-corrected chi connectivity index (χ3v) is 2.34. The first-order chi connectivity index (χ1) is 7.66. The number of nitrogens with two attached hydrogens (primary N) is 1. The van der Waals surface area contributed by atoms with E-state index in [0.717, 1.165) is 6.42 Å². The summed E-state index contributed by atoms with van der Waals surface area (Å²) in [6, 6.07) is -1.21. The summed E-state index contributed by atoms with van der Waals surface area (Å²) in [5.74, 6) is -1.05. The van der Waals surface area contributed by atoms with Crippen molar-refractivity contribution in [1.29, 1.82) is 0 Å². The molecule has 0 bridgehead atoms. The molecule has 6 nitrogen and oxygen atoms in total. The van der Waals surface area contributed by atoms with Crippen molar-refractivity contribution in [2.45, 2.75) is 19.4 Å². The molecule has 1 saturated heterocycles. The molecular formula is C10H18N2O4. The molecule has 1 aliphatic heterocycles. The summed E-state index contributed by atoms with van der Waals surface area (Å²) >= 11 is 0. The Hall–Kier alpha value is -1.14. The maximum atomic E-state index is 11.8. The predicted molar refractivity (Wildman–Crippen MR) is 56.6 cm³/mol. The van der Waals surface area contributed by atoms with Gasteiger partial charge in [-0.2, -0.15) is 0 Å². The number of carbonyl (C=O) groups excluding carboxylic acids is 2. The number of rotatable bonds is 3. The van der Waals surface area contributed by atoms with Crippen molar-refractivity contribution in [3.05, 3.63) is 0 Å². The fourth-order valence-electron chi connectivity index (χ4n) is 1.50. The molecule has 0 aromatic carbocycles. The molecule has 92 valence electrons. The van der Waals surface area contributed by atoms with Crippen molar-refractivity contribution in [1.82, 2.24) is 4.90 Å². The van der Waals surface area contributed by atoms with Gasteiger partial charge in [0.25, 0.3) is 5.91 Å². The molecule has 1 fully saturated rings. The molecule has 1 aliphatic rings. The van der Waals surface area contributed by atoms with E-state index in [0.29, 0.717) is 26.3 Å². The number of esters is 1. The van der Waals surface area contributed by atoms with Gasteiger partial charge in [0.2, 0.25) is 0 Å². The van der Waals surface area contributed by atoms with Gasteiger partial charge < -0.3 is 20.1 Å². The van der Waals surface area contributed by atoms with Gasteiger partial charge in [-0.15, -0.1) is 0 Å². The van der Waals surface area contributed by atoms with E-state index >= 15 is 0 Å². The van der Waals surface area contributed by atoms with Gasteiger partial charge in [0.05, 0.1) is 13.2 Å². The predicted octanol–water partition coefficient (Wildman–Crippen LogP) is -0.874. The van der Waals surface area contributed by atoms with E-state index in [9.17, 15) is 9.59 Å². The van der Waals surface area contributed by atoms with E-state index in [2.05, 4.69) is 0 Å². The molecule has 0 spiro atoms. The smallest absolute Gasteiger partial charge is 0.332 e. The average molecular weight is 230 g/mol. The Kier molecular flexibility index (Phi) is 5.21. The zero-order valence-corrected chi connectivity index (χ0v) is 9.48. The third-order valence-electron chi connectivity index (χ3n) is 2.34. The van der Waals surface area contributed by atoms with Crippen LogP contribution in [0.1, 0.15) is 13.3 Å². The van der Waals surface area contributed by atoms with E-state index < -0.39 is 12.0 Å². The molecule has 1 unspecified atom stereocenters. The Balaban J connectivity index is 2.50. The van der Waals surface area contributed by atoms with Gasteiger partial charge in [0.1, 0.15) is 0 Å². The van der Waals surface area contributed by atoms with Crippen molar-refractivity contribution >= 4 is 11.9 Å². The molecule has 1 rings (SSSR count). The largest absolute Gasteiger partial charge is 0.464 e. The Labute approximate surface area is 94.7 Å². The van der Waals surface area contributed by atoms with Gasteiger partial charge in [0, 0.05) is 19.7 Å². The first-order valence-electron chi connectivity index (χ1n) is 5.45. The maximum absolute atomic E-state index is 11.8. The molecule has 1 amide bonds. The van der Waals surface area contributed by atoms with Crippen LogP contribution in [0.5, 0.6) is 0 Å². The first-order valence-corrected chi connectivity index (χ1v) is 5.45. The monoisotopic (exact) mass is 230 g/mol. The second-order valence-corrected chi connectivity index (χ2v) is 3.52. The SMILES string of the molecule is CCOC(=O)C(N)C(=O)N1CCCOCC1. The summed E-state index contributed by atoms with van der Waals surface area (Å²) in [5, 5.41) is 0. The first kappa shape index (κ1) is 12.9. The quantitative estimate of drug-likeness (QED) is 0.503. The van der Waals surface area contributed by atoms with E-state index in [1.54, 1.807) is 11.8 Å². The van der Waals surface area contributed by atoms with Gasteiger partial charge in [-0.25, -0.2) is 4.79 Å². The summed E-state index contributed by atoms with van der Waals surface area (Å²) in [5.41, 5.74) is 5.52. The van der Waals surface area contributed by atoms with Crippen LogP contribution >= 0.6 is 0 Å². The lowest BCUT2D eigenvalue weighted by Crippen LogP contribution is -2.49. The molecular weight excluding hydrogens is 212 g/mol. The van der Waals surface area contributed by atoms with Gasteiger partial charge in [-0.3, -0.25) is 4.79 Å². The molecule has 16 heavy (non-hydrogen) atoms. The lowest BCUT2D eigenvalue weighted by atomic mass is 10.2. The summed E-state index contributed by atoms with van der Waals surface area (Å²) in [6.07, 6.45) is 0.765. The van der Waals surface area contributed by atoms with E-state index in [4.69, 9.17) is 15.2 Å². The third kappa shape index (κ3) is 3.46. The fourth-order valence-corrected chi connectivity index (χ4v) is 1.50. The van der Waals surface area contributed by atoms with Crippen LogP contribution in [0.2, 0.25) is 0 Å². The second kappa shape index (κ2) is 6.44. The Morgan fingerprint density at radius 2 is 2.19 bits per heavy atom. The minimum absolute atomic E-state index is 0.225. The highest BCUT2D eigenvalue weighted by Gasteiger charge is 2.28. The highest BCUT2D eigenvalue weighted by molar-refractivity contribution is 6.01. The van der Waals surface area contributed by atoms with Gasteiger partial charge >= 0.3 is 5.97 Å². The van der Waals surface area contributed by atoms with Crippen molar-refractivity contribution in [3.63, 3.8) is 0 Å². The normalized spacial score (nSPS) is 18.8. The Morgan fingerprint density at radius 3 is 2.88 bits per heavy atom. The van der Waals surface area contributed by atoms with Crippen LogP contribution < -0.4 is 5.73 Å². The number of amides is 1. The number of hydrogen-bond acceptors (Lipinski definition) is 5. The standard InChI is InChI=1S/C10H18N2O4/c1-2-16-10(14)8(11)9(13)12-4-3-6-15-7-5-12/h8H,2-7,11H2,1H3. The molecule has 6 heteroatoms. The molecule has 2 N–H and O–H groups in total. The van der Waals surface area contributed by atoms with Gasteiger partial charge in [0.15, 0.2) is 6.04 Å². The van der Waals surface area contributed by atoms with Crippen molar-refractivity contribution in [2.24, 2.45) is 5.73 Å². The number of ether oxygens (including phenoxy) is 2. The summed E-state index contributed by atoms with van der Waals surface area (Å²) < 4.78 is 9.92. The van der Waals surface area contributed by atoms with Crippen LogP contribution in [0.4, 0.5) is 0 Å². The fraction of sp³-hybridized carbons (Fsp3) is 0.800. The molecule has 0 aliphatic carbocycles. The molecule has 1 atom stereocenters. The van der Waals surface area contributed by atoms with Crippen LogP contribution in [0.25, 0.3) is 0 Å². The van der Waals surface area contributed by atoms with E-state index in [1.165, 1.54) is 0 Å². The van der Waals surface area contributed by atoms with Crippen LogP contribution in [-0.2, 0) is 19.1 Å². The Bertz CT molecular complexity index is 249. The zero-order valence-electron chi connectivity index (χ0n) is 9.48. The van der Waals surface area contributed by atoms with E-state index in [-0.39, 0.29) is 12.5 Å².